The second-order valence-corrected chi connectivity index (χ2v) is 6.63. The maximum absolute atomic E-state index is 5.09. The van der Waals surface area contributed by atoms with Crippen molar-refractivity contribution in [3.63, 3.8) is 0 Å². The Morgan fingerprint density at radius 2 is 1.95 bits per heavy atom. The zero-order chi connectivity index (χ0) is 13.9. The van der Waals surface area contributed by atoms with Crippen molar-refractivity contribution in [3.05, 3.63) is 23.9 Å². The van der Waals surface area contributed by atoms with Crippen molar-refractivity contribution < 1.29 is 4.74 Å². The van der Waals surface area contributed by atoms with Crippen LogP contribution in [0.5, 0.6) is 5.88 Å². The van der Waals surface area contributed by atoms with Gasteiger partial charge in [-0.1, -0.05) is 26.8 Å². The molecule has 0 saturated carbocycles. The van der Waals surface area contributed by atoms with E-state index in [9.17, 15) is 0 Å². The first kappa shape index (κ1) is 14.3. The Kier molecular flexibility index (Phi) is 4.46. The lowest BCUT2D eigenvalue weighted by Gasteiger charge is -2.38. The first-order valence-electron chi connectivity index (χ1n) is 7.20. The molecule has 0 spiro atoms. The van der Waals surface area contributed by atoms with Crippen LogP contribution in [0.4, 0.5) is 0 Å². The van der Waals surface area contributed by atoms with E-state index in [1.807, 2.05) is 12.3 Å². The van der Waals surface area contributed by atoms with Crippen molar-refractivity contribution in [3.8, 4) is 5.88 Å². The molecule has 0 unspecified atom stereocenters. The topological polar surface area (TPSA) is 25.4 Å². The molecule has 1 fully saturated rings. The predicted molar refractivity (Wildman–Crippen MR) is 78.2 cm³/mol. The zero-order valence-corrected chi connectivity index (χ0v) is 12.6. The predicted octanol–water partition coefficient (Wildman–Crippen LogP) is 3.35. The van der Waals surface area contributed by atoms with Crippen molar-refractivity contribution >= 4 is 0 Å². The summed E-state index contributed by atoms with van der Waals surface area (Å²) >= 11 is 0. The Morgan fingerprint density at radius 3 is 2.42 bits per heavy atom. The van der Waals surface area contributed by atoms with Crippen LogP contribution in [0.1, 0.15) is 39.2 Å². The summed E-state index contributed by atoms with van der Waals surface area (Å²) < 4.78 is 5.09. The molecule has 0 N–H and O–H groups in total. The minimum Gasteiger partial charge on any atom is -0.481 e. The zero-order valence-electron chi connectivity index (χ0n) is 12.6. The quantitative estimate of drug-likeness (QED) is 0.835. The van der Waals surface area contributed by atoms with Crippen LogP contribution in [-0.2, 0) is 6.54 Å². The van der Waals surface area contributed by atoms with Gasteiger partial charge in [0.25, 0.3) is 0 Å². The molecule has 3 nitrogen and oxygen atoms in total. The van der Waals surface area contributed by atoms with Gasteiger partial charge in [-0.2, -0.15) is 0 Å². The van der Waals surface area contributed by atoms with Crippen LogP contribution in [0.25, 0.3) is 0 Å². The number of piperidine rings is 1. The Labute approximate surface area is 117 Å². The highest BCUT2D eigenvalue weighted by Gasteiger charge is 2.28. The number of ether oxygens (including phenoxy) is 1. The summed E-state index contributed by atoms with van der Waals surface area (Å²) in [6.07, 6.45) is 4.55. The largest absolute Gasteiger partial charge is 0.481 e. The van der Waals surface area contributed by atoms with Gasteiger partial charge in [0.2, 0.25) is 5.88 Å². The summed E-state index contributed by atoms with van der Waals surface area (Å²) in [6.45, 7) is 10.5. The highest BCUT2D eigenvalue weighted by atomic mass is 16.5. The number of nitrogens with zero attached hydrogens (tertiary/aromatic N) is 2. The second-order valence-electron chi connectivity index (χ2n) is 6.63. The number of rotatable bonds is 3. The molecular formula is C16H26N2O. The van der Waals surface area contributed by atoms with Gasteiger partial charge in [-0.15, -0.1) is 0 Å². The van der Waals surface area contributed by atoms with Gasteiger partial charge in [-0.25, -0.2) is 4.98 Å². The summed E-state index contributed by atoms with van der Waals surface area (Å²) in [5.41, 5.74) is 1.73. The van der Waals surface area contributed by atoms with E-state index < -0.39 is 0 Å². The van der Waals surface area contributed by atoms with E-state index in [0.29, 0.717) is 11.3 Å². The lowest BCUT2D eigenvalue weighted by Crippen LogP contribution is -2.37. The number of pyridine rings is 1. The second kappa shape index (κ2) is 5.91. The van der Waals surface area contributed by atoms with E-state index in [1.54, 1.807) is 7.11 Å². The van der Waals surface area contributed by atoms with E-state index in [-0.39, 0.29) is 0 Å². The van der Waals surface area contributed by atoms with E-state index >= 15 is 0 Å². The van der Waals surface area contributed by atoms with Crippen LogP contribution in [0.2, 0.25) is 0 Å². The smallest absolute Gasteiger partial charge is 0.212 e. The van der Waals surface area contributed by atoms with Crippen molar-refractivity contribution in [1.82, 2.24) is 9.88 Å². The fraction of sp³-hybridized carbons (Fsp3) is 0.688. The fourth-order valence-corrected chi connectivity index (χ4v) is 2.84. The Balaban J connectivity index is 1.85. The van der Waals surface area contributed by atoms with Crippen LogP contribution >= 0.6 is 0 Å². The van der Waals surface area contributed by atoms with Crippen molar-refractivity contribution in [1.29, 1.82) is 0 Å². The summed E-state index contributed by atoms with van der Waals surface area (Å²) in [5.74, 6) is 1.55. The molecule has 1 aromatic heterocycles. The average molecular weight is 262 g/mol. The molecule has 2 rings (SSSR count). The lowest BCUT2D eigenvalue weighted by atomic mass is 9.75. The third kappa shape index (κ3) is 3.93. The Bertz CT molecular complexity index is 386. The lowest BCUT2D eigenvalue weighted by molar-refractivity contribution is 0.108. The van der Waals surface area contributed by atoms with Gasteiger partial charge in [0, 0.05) is 18.8 Å². The van der Waals surface area contributed by atoms with Gasteiger partial charge in [0.1, 0.15) is 0 Å². The number of hydrogen-bond donors (Lipinski definition) is 0. The van der Waals surface area contributed by atoms with Crippen LogP contribution < -0.4 is 4.74 Å². The van der Waals surface area contributed by atoms with E-state index in [4.69, 9.17) is 4.74 Å². The first-order valence-corrected chi connectivity index (χ1v) is 7.20. The Morgan fingerprint density at radius 1 is 1.26 bits per heavy atom. The highest BCUT2D eigenvalue weighted by Crippen LogP contribution is 2.34. The van der Waals surface area contributed by atoms with Gasteiger partial charge in [0.15, 0.2) is 0 Å². The van der Waals surface area contributed by atoms with Gasteiger partial charge in [0.05, 0.1) is 7.11 Å². The van der Waals surface area contributed by atoms with Crippen molar-refractivity contribution in [2.75, 3.05) is 20.2 Å². The molecule has 0 radical (unpaired) electrons. The number of methoxy groups -OCH3 is 1. The first-order chi connectivity index (χ1) is 8.99. The molecule has 19 heavy (non-hydrogen) atoms. The maximum atomic E-state index is 5.09. The summed E-state index contributed by atoms with van der Waals surface area (Å²) in [5, 5.41) is 0. The van der Waals surface area contributed by atoms with Crippen LogP contribution in [0.3, 0.4) is 0 Å². The minimum atomic E-state index is 0.452. The molecule has 1 aromatic rings. The maximum Gasteiger partial charge on any atom is 0.212 e. The molecule has 0 amide bonds. The standard InChI is InChI=1S/C16H26N2O/c1-16(2,3)14-7-9-18(10-8-14)12-13-5-6-15(19-4)17-11-13/h5-6,11,14H,7-10,12H2,1-4H3. The number of aromatic nitrogens is 1. The summed E-state index contributed by atoms with van der Waals surface area (Å²) in [4.78, 5) is 6.80. The number of likely N-dealkylation sites (tertiary alicyclic amines) is 1. The highest BCUT2D eigenvalue weighted by molar-refractivity contribution is 5.17. The monoisotopic (exact) mass is 262 g/mol. The molecule has 0 aromatic carbocycles. The third-order valence-corrected chi connectivity index (χ3v) is 4.23. The van der Waals surface area contributed by atoms with Crippen LogP contribution in [-0.4, -0.2) is 30.1 Å². The van der Waals surface area contributed by atoms with Crippen LogP contribution in [0.15, 0.2) is 18.3 Å². The minimum absolute atomic E-state index is 0.452. The molecule has 1 saturated heterocycles. The van der Waals surface area contributed by atoms with Gasteiger partial charge in [-0.05, 0) is 42.8 Å². The molecular weight excluding hydrogens is 236 g/mol. The van der Waals surface area contributed by atoms with Gasteiger partial charge in [-0.3, -0.25) is 4.90 Å². The van der Waals surface area contributed by atoms with Crippen LogP contribution in [0, 0.1) is 11.3 Å². The molecule has 3 heteroatoms. The Hall–Kier alpha value is -1.09. The molecule has 2 heterocycles. The fourth-order valence-electron chi connectivity index (χ4n) is 2.84. The molecule has 106 valence electrons. The van der Waals surface area contributed by atoms with Crippen molar-refractivity contribution in [2.24, 2.45) is 11.3 Å². The molecule has 0 atom stereocenters. The normalized spacial score (nSPS) is 18.5. The SMILES string of the molecule is COc1ccc(CN2CCC(C(C)(C)C)CC2)cn1. The van der Waals surface area contributed by atoms with E-state index in [0.717, 1.165) is 12.5 Å². The molecule has 1 aliphatic heterocycles. The van der Waals surface area contributed by atoms with E-state index in [1.165, 1.54) is 31.5 Å². The van der Waals surface area contributed by atoms with E-state index in [2.05, 4.69) is 36.7 Å². The third-order valence-electron chi connectivity index (χ3n) is 4.23. The van der Waals surface area contributed by atoms with Gasteiger partial charge < -0.3 is 4.74 Å². The average Bonchev–Trinajstić information content (AvgIpc) is 2.39. The molecule has 1 aliphatic rings. The molecule has 0 bridgehead atoms. The summed E-state index contributed by atoms with van der Waals surface area (Å²) in [7, 11) is 1.65. The summed E-state index contributed by atoms with van der Waals surface area (Å²) in [6, 6.07) is 4.05. The van der Waals surface area contributed by atoms with Crippen molar-refractivity contribution in [2.45, 2.75) is 40.2 Å². The van der Waals surface area contributed by atoms with Gasteiger partial charge >= 0.3 is 0 Å². The number of hydrogen-bond acceptors (Lipinski definition) is 3. The molecule has 0 aliphatic carbocycles.